The van der Waals surface area contributed by atoms with Gasteiger partial charge in [-0.3, -0.25) is 14.6 Å². The fourth-order valence-corrected chi connectivity index (χ4v) is 4.14. The number of carbonyl (C=O) groups is 1. The van der Waals surface area contributed by atoms with Crippen LogP contribution >= 0.6 is 0 Å². The number of benzene rings is 1. The van der Waals surface area contributed by atoms with Gasteiger partial charge in [-0.05, 0) is 61.1 Å². The zero-order valence-corrected chi connectivity index (χ0v) is 19.0. The molecule has 33 heavy (non-hydrogen) atoms. The molecule has 0 saturated carbocycles. The summed E-state index contributed by atoms with van der Waals surface area (Å²) in [6.45, 7) is 3.38. The molecule has 1 saturated heterocycles. The molecule has 170 valence electrons. The Morgan fingerprint density at radius 1 is 1.21 bits per heavy atom. The summed E-state index contributed by atoms with van der Waals surface area (Å²) in [6.07, 6.45) is 10.5. The fraction of sp³-hybridized carbons (Fsp3) is 0.296. The highest BCUT2D eigenvalue weighted by molar-refractivity contribution is 5.87. The van der Waals surface area contributed by atoms with Crippen molar-refractivity contribution in [1.82, 2.24) is 14.9 Å². The van der Waals surface area contributed by atoms with Crippen molar-refractivity contribution >= 4 is 11.6 Å². The Hall–Kier alpha value is -3.67. The molecule has 4 rings (SSSR count). The Labute approximate surface area is 194 Å². The molecule has 1 aliphatic rings. The van der Waals surface area contributed by atoms with Crippen LogP contribution in [0.25, 0.3) is 11.1 Å². The lowest BCUT2D eigenvalue weighted by Crippen LogP contribution is -2.45. The SMILES string of the molecule is CCc1cc(-c2c[nH]c(=O)c(N[C@@H]3CCCN(C(=O)/C=C/Cc4ccccc4)C3)c2)ccn1. The lowest BCUT2D eigenvalue weighted by molar-refractivity contribution is -0.127. The molecule has 0 radical (unpaired) electrons. The second-order valence-corrected chi connectivity index (χ2v) is 8.38. The zero-order chi connectivity index (χ0) is 23.0. The van der Waals surface area contributed by atoms with Crippen molar-refractivity contribution in [1.29, 1.82) is 0 Å². The number of nitrogens with one attached hydrogen (secondary N) is 2. The van der Waals surface area contributed by atoms with E-state index in [9.17, 15) is 9.59 Å². The first-order chi connectivity index (χ1) is 16.1. The summed E-state index contributed by atoms with van der Waals surface area (Å²) in [5.74, 6) is 0.0176. The number of H-pyrrole nitrogens is 1. The summed E-state index contributed by atoms with van der Waals surface area (Å²) >= 11 is 0. The minimum atomic E-state index is -0.158. The molecule has 1 aliphatic heterocycles. The number of aromatic amines is 1. The molecule has 1 fully saturated rings. The zero-order valence-electron chi connectivity index (χ0n) is 19.0. The number of aromatic nitrogens is 2. The van der Waals surface area contributed by atoms with Crippen molar-refractivity contribution < 1.29 is 4.79 Å². The average molecular weight is 443 g/mol. The van der Waals surface area contributed by atoms with Crippen LogP contribution in [0.2, 0.25) is 0 Å². The number of anilines is 1. The van der Waals surface area contributed by atoms with Crippen LogP contribution < -0.4 is 10.9 Å². The Morgan fingerprint density at radius 2 is 2.06 bits per heavy atom. The maximum absolute atomic E-state index is 12.7. The first-order valence-corrected chi connectivity index (χ1v) is 11.6. The van der Waals surface area contributed by atoms with E-state index < -0.39 is 0 Å². The average Bonchev–Trinajstić information content (AvgIpc) is 2.86. The van der Waals surface area contributed by atoms with Gasteiger partial charge in [0.1, 0.15) is 5.69 Å². The van der Waals surface area contributed by atoms with E-state index in [2.05, 4.69) is 34.3 Å². The Kier molecular flexibility index (Phi) is 7.35. The summed E-state index contributed by atoms with van der Waals surface area (Å²) in [7, 11) is 0. The summed E-state index contributed by atoms with van der Waals surface area (Å²) in [5, 5.41) is 3.38. The van der Waals surface area contributed by atoms with Gasteiger partial charge in [0.05, 0.1) is 0 Å². The molecular weight excluding hydrogens is 412 g/mol. The van der Waals surface area contributed by atoms with E-state index in [0.717, 1.165) is 49.0 Å². The smallest absolute Gasteiger partial charge is 0.271 e. The van der Waals surface area contributed by atoms with Crippen LogP contribution in [0.15, 0.2) is 77.9 Å². The number of hydrogen-bond acceptors (Lipinski definition) is 4. The van der Waals surface area contributed by atoms with E-state index >= 15 is 0 Å². The molecule has 2 aromatic heterocycles. The predicted octanol–water partition coefficient (Wildman–Crippen LogP) is 4.20. The van der Waals surface area contributed by atoms with Crippen LogP contribution in [0.3, 0.4) is 0 Å². The largest absolute Gasteiger partial charge is 0.376 e. The molecule has 6 nitrogen and oxygen atoms in total. The van der Waals surface area contributed by atoms with Crippen molar-refractivity contribution in [2.24, 2.45) is 0 Å². The molecule has 0 aliphatic carbocycles. The number of carbonyl (C=O) groups excluding carboxylic acids is 1. The van der Waals surface area contributed by atoms with Gasteiger partial charge in [0.25, 0.3) is 5.56 Å². The van der Waals surface area contributed by atoms with Crippen molar-refractivity contribution in [2.45, 2.75) is 38.6 Å². The maximum atomic E-state index is 12.7. The molecule has 3 aromatic rings. The van der Waals surface area contributed by atoms with Crippen LogP contribution in [0.4, 0.5) is 5.69 Å². The minimum Gasteiger partial charge on any atom is -0.376 e. The van der Waals surface area contributed by atoms with Gasteiger partial charge in [-0.1, -0.05) is 43.3 Å². The Balaban J connectivity index is 1.40. The molecule has 0 spiro atoms. The lowest BCUT2D eigenvalue weighted by atomic mass is 10.0. The van der Waals surface area contributed by atoms with Crippen molar-refractivity contribution in [3.63, 3.8) is 0 Å². The summed E-state index contributed by atoms with van der Waals surface area (Å²) in [5.41, 5.74) is 4.51. The third-order valence-electron chi connectivity index (χ3n) is 5.96. The molecule has 2 N–H and O–H groups in total. The van der Waals surface area contributed by atoms with E-state index in [4.69, 9.17) is 0 Å². The highest BCUT2D eigenvalue weighted by Crippen LogP contribution is 2.22. The Morgan fingerprint density at radius 3 is 2.88 bits per heavy atom. The van der Waals surface area contributed by atoms with Gasteiger partial charge in [-0.25, -0.2) is 0 Å². The number of piperidine rings is 1. The number of rotatable bonds is 7. The van der Waals surface area contributed by atoms with Gasteiger partial charge in [0.15, 0.2) is 0 Å². The van der Waals surface area contributed by atoms with Gasteiger partial charge in [-0.2, -0.15) is 0 Å². The van der Waals surface area contributed by atoms with Crippen molar-refractivity contribution in [2.75, 3.05) is 18.4 Å². The molecule has 1 aromatic carbocycles. The predicted molar refractivity (Wildman–Crippen MR) is 132 cm³/mol. The number of allylic oxidation sites excluding steroid dienone is 1. The topological polar surface area (TPSA) is 78.1 Å². The molecular formula is C27H30N4O2. The third kappa shape index (κ3) is 5.98. The highest BCUT2D eigenvalue weighted by atomic mass is 16.2. The number of aryl methyl sites for hydroxylation is 1. The molecule has 0 unspecified atom stereocenters. The monoisotopic (exact) mass is 442 g/mol. The van der Waals surface area contributed by atoms with Gasteiger partial charge in [-0.15, -0.1) is 0 Å². The van der Waals surface area contributed by atoms with E-state index in [1.165, 1.54) is 5.56 Å². The van der Waals surface area contributed by atoms with Gasteiger partial charge in [0.2, 0.25) is 5.91 Å². The standard InChI is InChI=1S/C27H30N4O2/c1-2-23-16-21(13-14-28-23)22-17-25(27(33)29-18-22)30-24-11-7-15-31(19-24)26(32)12-6-10-20-8-4-3-5-9-20/h3-6,8-9,12-14,16-18,24,30H,2,7,10-11,15,19H2,1H3,(H,29,33)/b12-6+/t24-/m1/s1. The number of nitrogens with zero attached hydrogens (tertiary/aromatic N) is 2. The Bertz CT molecular complexity index is 1170. The fourth-order valence-electron chi connectivity index (χ4n) is 4.14. The van der Waals surface area contributed by atoms with Crippen LogP contribution in [0, 0.1) is 0 Å². The van der Waals surface area contributed by atoms with E-state index in [0.29, 0.717) is 12.2 Å². The quantitative estimate of drug-likeness (QED) is 0.538. The van der Waals surface area contributed by atoms with Gasteiger partial charge in [0, 0.05) is 42.8 Å². The van der Waals surface area contributed by atoms with E-state index in [1.807, 2.05) is 47.4 Å². The molecule has 6 heteroatoms. The van der Waals surface area contributed by atoms with Crippen molar-refractivity contribution in [3.8, 4) is 11.1 Å². The third-order valence-corrected chi connectivity index (χ3v) is 5.96. The highest BCUT2D eigenvalue weighted by Gasteiger charge is 2.23. The van der Waals surface area contributed by atoms with Crippen LogP contribution in [-0.4, -0.2) is 39.9 Å². The first-order valence-electron chi connectivity index (χ1n) is 11.6. The van der Waals surface area contributed by atoms with E-state index in [1.54, 1.807) is 18.5 Å². The number of pyridine rings is 2. The second kappa shape index (κ2) is 10.8. The molecule has 1 amide bonds. The first kappa shape index (κ1) is 22.5. The number of amides is 1. The van der Waals surface area contributed by atoms with Crippen molar-refractivity contribution in [3.05, 3.63) is 94.7 Å². The maximum Gasteiger partial charge on any atom is 0.271 e. The molecule has 3 heterocycles. The number of hydrogen-bond donors (Lipinski definition) is 2. The molecule has 0 bridgehead atoms. The van der Waals surface area contributed by atoms with E-state index in [-0.39, 0.29) is 17.5 Å². The van der Waals surface area contributed by atoms with Gasteiger partial charge >= 0.3 is 0 Å². The summed E-state index contributed by atoms with van der Waals surface area (Å²) in [4.78, 5) is 34.2. The molecule has 1 atom stereocenters. The van der Waals surface area contributed by atoms with Crippen LogP contribution in [0.1, 0.15) is 31.0 Å². The van der Waals surface area contributed by atoms with Crippen LogP contribution in [-0.2, 0) is 17.6 Å². The normalized spacial score (nSPS) is 16.2. The minimum absolute atomic E-state index is 0.0176. The second-order valence-electron chi connectivity index (χ2n) is 8.38. The van der Waals surface area contributed by atoms with Crippen LogP contribution in [0.5, 0.6) is 0 Å². The summed E-state index contributed by atoms with van der Waals surface area (Å²) in [6, 6.07) is 16.0. The summed E-state index contributed by atoms with van der Waals surface area (Å²) < 4.78 is 0. The van der Waals surface area contributed by atoms with Gasteiger partial charge < -0.3 is 15.2 Å². The lowest BCUT2D eigenvalue weighted by Gasteiger charge is -2.33. The number of likely N-dealkylation sites (tertiary alicyclic amines) is 1.